The number of aryl methyl sites for hydroxylation is 1. The molecule has 2 heterocycles. The molecular weight excluding hydrogens is 440 g/mol. The summed E-state index contributed by atoms with van der Waals surface area (Å²) in [6.07, 6.45) is -0.666. The lowest BCUT2D eigenvalue weighted by Crippen LogP contribution is -2.07. The number of rotatable bonds is 3. The quantitative estimate of drug-likeness (QED) is 0.271. The first-order valence-corrected chi connectivity index (χ1v) is 9.81. The Morgan fingerprint density at radius 3 is 2.25 bits per heavy atom. The maximum Gasteiger partial charge on any atom is 0.416 e. The van der Waals surface area contributed by atoms with Gasteiger partial charge in [-0.3, -0.25) is 0 Å². The third-order valence-corrected chi connectivity index (χ3v) is 5.80. The lowest BCUT2D eigenvalue weighted by atomic mass is 9.84. The van der Waals surface area contributed by atoms with Gasteiger partial charge in [0.1, 0.15) is 5.82 Å². The average Bonchev–Trinajstić information content (AvgIpc) is 3.31. The van der Waals surface area contributed by atoms with Gasteiger partial charge in [0.15, 0.2) is 0 Å². The van der Waals surface area contributed by atoms with Crippen LogP contribution in [0.1, 0.15) is 28.2 Å². The van der Waals surface area contributed by atoms with Crippen LogP contribution in [0.3, 0.4) is 0 Å². The van der Waals surface area contributed by atoms with E-state index in [-0.39, 0.29) is 24.1 Å². The highest BCUT2D eigenvalue weighted by Crippen LogP contribution is 2.41. The van der Waals surface area contributed by atoms with Crippen LogP contribution in [0.4, 0.5) is 17.6 Å². The molecule has 2 aromatic heterocycles. The average molecular weight is 459 g/mol. The van der Waals surface area contributed by atoms with Crippen LogP contribution in [0.5, 0.6) is 0 Å². The molecule has 2 nitrogen and oxygen atoms in total. The maximum atomic E-state index is 14.6. The zero-order valence-electron chi connectivity index (χ0n) is 17.0. The molecule has 1 unspecified atom stereocenters. The summed E-state index contributed by atoms with van der Waals surface area (Å²) in [6.45, 7) is 0. The minimum atomic E-state index is -4.41. The Kier molecular flexibility index (Phi) is 5.51. The summed E-state index contributed by atoms with van der Waals surface area (Å²) in [6, 6.07) is 17.9. The van der Waals surface area contributed by atoms with E-state index in [0.29, 0.717) is 11.1 Å². The molecular formula is C25H19ClF4N2. The van der Waals surface area contributed by atoms with E-state index < -0.39 is 11.7 Å². The van der Waals surface area contributed by atoms with E-state index in [4.69, 9.17) is 0 Å². The van der Waals surface area contributed by atoms with Gasteiger partial charge in [-0.05, 0) is 41.0 Å². The molecule has 0 aliphatic rings. The van der Waals surface area contributed by atoms with Crippen molar-refractivity contribution in [2.24, 2.45) is 7.05 Å². The second-order valence-electron chi connectivity index (χ2n) is 7.67. The van der Waals surface area contributed by atoms with E-state index in [1.165, 1.54) is 18.2 Å². The number of nitrogens with zero attached hydrogens (tertiary/aromatic N) is 1. The van der Waals surface area contributed by atoms with Crippen LogP contribution >= 0.6 is 12.4 Å². The Morgan fingerprint density at radius 2 is 1.53 bits per heavy atom. The third-order valence-electron chi connectivity index (χ3n) is 5.80. The predicted molar refractivity (Wildman–Crippen MR) is 121 cm³/mol. The van der Waals surface area contributed by atoms with Crippen LogP contribution in [-0.4, -0.2) is 9.55 Å². The van der Waals surface area contributed by atoms with E-state index in [1.54, 1.807) is 17.7 Å². The highest BCUT2D eigenvalue weighted by atomic mass is 35.5. The first-order chi connectivity index (χ1) is 14.8. The highest BCUT2D eigenvalue weighted by molar-refractivity contribution is 5.89. The normalized spacial score (nSPS) is 12.8. The lowest BCUT2D eigenvalue weighted by molar-refractivity contribution is -0.137. The number of nitrogens with one attached hydrogen (secondary N) is 1. The van der Waals surface area contributed by atoms with Gasteiger partial charge in [0.25, 0.3) is 0 Å². The molecule has 5 rings (SSSR count). The predicted octanol–water partition coefficient (Wildman–Crippen LogP) is 7.42. The van der Waals surface area contributed by atoms with Gasteiger partial charge >= 0.3 is 6.18 Å². The van der Waals surface area contributed by atoms with E-state index in [0.717, 1.165) is 39.5 Å². The van der Waals surface area contributed by atoms with Crippen LogP contribution in [0.25, 0.3) is 21.8 Å². The van der Waals surface area contributed by atoms with Gasteiger partial charge in [-0.2, -0.15) is 13.2 Å². The smallest absolute Gasteiger partial charge is 0.361 e. The first-order valence-electron chi connectivity index (χ1n) is 9.81. The molecule has 3 aromatic carbocycles. The van der Waals surface area contributed by atoms with E-state index >= 15 is 0 Å². The minimum absolute atomic E-state index is 0. The molecule has 0 saturated heterocycles. The van der Waals surface area contributed by atoms with Gasteiger partial charge < -0.3 is 9.55 Å². The molecule has 5 aromatic rings. The van der Waals surface area contributed by atoms with Gasteiger partial charge in [-0.1, -0.05) is 42.5 Å². The van der Waals surface area contributed by atoms with Crippen molar-refractivity contribution in [2.75, 3.05) is 0 Å². The van der Waals surface area contributed by atoms with Gasteiger partial charge in [-0.15, -0.1) is 12.4 Å². The largest absolute Gasteiger partial charge is 0.416 e. The number of fused-ring (bicyclic) bond motifs is 2. The third kappa shape index (κ3) is 3.54. The summed E-state index contributed by atoms with van der Waals surface area (Å²) in [7, 11) is 1.77. The van der Waals surface area contributed by atoms with Crippen molar-refractivity contribution < 1.29 is 17.6 Å². The van der Waals surface area contributed by atoms with E-state index in [1.807, 2.05) is 42.7 Å². The molecule has 0 radical (unpaired) electrons. The van der Waals surface area contributed by atoms with Crippen LogP contribution in [0, 0.1) is 5.82 Å². The zero-order valence-corrected chi connectivity index (χ0v) is 17.8. The Hall–Kier alpha value is -3.25. The van der Waals surface area contributed by atoms with Crippen molar-refractivity contribution in [3.63, 3.8) is 0 Å². The maximum absolute atomic E-state index is 14.6. The van der Waals surface area contributed by atoms with Crippen molar-refractivity contribution in [1.82, 2.24) is 9.55 Å². The van der Waals surface area contributed by atoms with Crippen LogP contribution in [-0.2, 0) is 13.2 Å². The Bertz CT molecular complexity index is 1400. The monoisotopic (exact) mass is 458 g/mol. The van der Waals surface area contributed by atoms with Crippen molar-refractivity contribution in [3.05, 3.63) is 107 Å². The first kappa shape index (κ1) is 22.0. The standard InChI is InChI=1S/C25H18F4N2.ClH/c1-31-14-20(18-6-4-7-21(26)24(18)31)23(15-9-11-16(12-10-15)25(27,28)29)19-13-30-22-8-3-2-5-17(19)22;/h2-14,23,30H,1H3;1H. The van der Waals surface area contributed by atoms with E-state index in [9.17, 15) is 17.6 Å². The van der Waals surface area contributed by atoms with Gasteiger partial charge in [0, 0.05) is 41.6 Å². The topological polar surface area (TPSA) is 20.7 Å². The summed E-state index contributed by atoms with van der Waals surface area (Å²) >= 11 is 0. The van der Waals surface area contributed by atoms with Gasteiger partial charge in [0.2, 0.25) is 0 Å². The second-order valence-corrected chi connectivity index (χ2v) is 7.67. The molecule has 1 atom stereocenters. The van der Waals surface area contributed by atoms with Crippen molar-refractivity contribution in [2.45, 2.75) is 12.1 Å². The molecule has 32 heavy (non-hydrogen) atoms. The molecule has 0 spiro atoms. The number of aromatic amines is 1. The molecule has 7 heteroatoms. The second kappa shape index (κ2) is 8.02. The molecule has 0 saturated carbocycles. The highest BCUT2D eigenvalue weighted by Gasteiger charge is 2.31. The summed E-state index contributed by atoms with van der Waals surface area (Å²) in [5.74, 6) is -0.708. The van der Waals surface area contributed by atoms with Crippen LogP contribution in [0.2, 0.25) is 0 Å². The summed E-state index contributed by atoms with van der Waals surface area (Å²) in [5.41, 5.74) is 3.16. The van der Waals surface area contributed by atoms with Crippen LogP contribution in [0.15, 0.2) is 79.1 Å². The fraction of sp³-hybridized carbons (Fsp3) is 0.120. The molecule has 0 amide bonds. The molecule has 0 aliphatic heterocycles. The number of para-hydroxylation sites is 2. The summed E-state index contributed by atoms with van der Waals surface area (Å²) in [4.78, 5) is 3.25. The van der Waals surface area contributed by atoms with Crippen molar-refractivity contribution in [3.8, 4) is 0 Å². The van der Waals surface area contributed by atoms with Crippen molar-refractivity contribution in [1.29, 1.82) is 0 Å². The summed E-state index contributed by atoms with van der Waals surface area (Å²) in [5, 5.41) is 1.71. The molecule has 0 aliphatic carbocycles. The minimum Gasteiger partial charge on any atom is -0.361 e. The zero-order chi connectivity index (χ0) is 21.8. The molecule has 0 bridgehead atoms. The van der Waals surface area contributed by atoms with Crippen LogP contribution < -0.4 is 0 Å². The molecule has 0 fully saturated rings. The van der Waals surface area contributed by atoms with Crippen molar-refractivity contribution >= 4 is 34.2 Å². The number of hydrogen-bond donors (Lipinski definition) is 1. The number of aromatic nitrogens is 2. The molecule has 164 valence electrons. The number of hydrogen-bond acceptors (Lipinski definition) is 0. The van der Waals surface area contributed by atoms with E-state index in [2.05, 4.69) is 4.98 Å². The molecule has 1 N–H and O–H groups in total. The fourth-order valence-electron chi connectivity index (χ4n) is 4.40. The van der Waals surface area contributed by atoms with Gasteiger partial charge in [-0.25, -0.2) is 4.39 Å². The Morgan fingerprint density at radius 1 is 0.844 bits per heavy atom. The SMILES string of the molecule is Cl.Cn1cc(C(c2ccc(C(F)(F)F)cc2)c2c[nH]c3ccccc23)c2cccc(F)c21. The number of benzene rings is 3. The Labute approximate surface area is 187 Å². The fourth-order valence-corrected chi connectivity index (χ4v) is 4.40. The summed E-state index contributed by atoms with van der Waals surface area (Å²) < 4.78 is 55.7. The number of H-pyrrole nitrogens is 1. The number of halogens is 5. The number of alkyl halides is 3. The van der Waals surface area contributed by atoms with Gasteiger partial charge in [0.05, 0.1) is 11.1 Å². The lowest BCUT2D eigenvalue weighted by Gasteiger charge is -2.18. The Balaban J connectivity index is 0.00000245.